The Hall–Kier alpha value is -3.23. The van der Waals surface area contributed by atoms with Crippen molar-refractivity contribution < 1.29 is 22.8 Å². The van der Waals surface area contributed by atoms with E-state index in [1.54, 1.807) is 12.3 Å². The zero-order valence-electron chi connectivity index (χ0n) is 15.2. The van der Waals surface area contributed by atoms with Gasteiger partial charge in [0, 0.05) is 24.4 Å². The number of halogens is 3. The average molecular weight is 402 g/mol. The highest BCUT2D eigenvalue weighted by atomic mass is 19.4. The van der Waals surface area contributed by atoms with Crippen LogP contribution in [0, 0.1) is 0 Å². The van der Waals surface area contributed by atoms with Crippen LogP contribution in [0.25, 0.3) is 10.9 Å². The van der Waals surface area contributed by atoms with E-state index in [2.05, 4.69) is 15.2 Å². The van der Waals surface area contributed by atoms with Gasteiger partial charge in [-0.1, -0.05) is 12.1 Å². The number of pyridine rings is 1. The number of amides is 1. The molecule has 0 aliphatic heterocycles. The van der Waals surface area contributed by atoms with E-state index < -0.39 is 17.6 Å². The first kappa shape index (κ1) is 19.1. The third-order valence-electron chi connectivity index (χ3n) is 5.01. The number of alkyl halides is 3. The summed E-state index contributed by atoms with van der Waals surface area (Å²) in [6, 6.07) is 8.48. The van der Waals surface area contributed by atoms with Crippen molar-refractivity contribution >= 4 is 22.6 Å². The number of carbonyl (C=O) groups excluding carboxylic acids is 2. The van der Waals surface area contributed by atoms with Crippen molar-refractivity contribution in [1.82, 2.24) is 20.5 Å². The van der Waals surface area contributed by atoms with Crippen LogP contribution in [0.1, 0.15) is 34.5 Å². The third kappa shape index (κ3) is 3.98. The van der Waals surface area contributed by atoms with E-state index in [1.807, 2.05) is 23.5 Å². The van der Waals surface area contributed by atoms with Crippen LogP contribution in [-0.4, -0.2) is 38.6 Å². The molecule has 1 fully saturated rings. The highest BCUT2D eigenvalue weighted by molar-refractivity contribution is 5.93. The quantitative estimate of drug-likeness (QED) is 0.663. The molecule has 3 aromatic rings. The van der Waals surface area contributed by atoms with E-state index in [4.69, 9.17) is 0 Å². The molecule has 1 aliphatic carbocycles. The third-order valence-corrected chi connectivity index (χ3v) is 5.01. The van der Waals surface area contributed by atoms with Gasteiger partial charge in [0.05, 0.1) is 11.7 Å². The smallest absolute Gasteiger partial charge is 0.336 e. The van der Waals surface area contributed by atoms with Gasteiger partial charge >= 0.3 is 6.18 Å². The largest absolute Gasteiger partial charge is 0.411 e. The van der Waals surface area contributed by atoms with E-state index in [0.717, 1.165) is 16.5 Å². The molecule has 1 aliphatic rings. The van der Waals surface area contributed by atoms with Gasteiger partial charge in [0.15, 0.2) is 0 Å². The Bertz CT molecular complexity index is 1090. The van der Waals surface area contributed by atoms with Crippen molar-refractivity contribution in [1.29, 1.82) is 0 Å². The van der Waals surface area contributed by atoms with E-state index in [9.17, 15) is 22.8 Å². The Balaban J connectivity index is 1.41. The Morgan fingerprint density at radius 2 is 1.83 bits per heavy atom. The lowest BCUT2D eigenvalue weighted by atomic mass is 10.0. The van der Waals surface area contributed by atoms with Crippen molar-refractivity contribution in [2.75, 3.05) is 0 Å². The molecule has 6 nitrogen and oxygen atoms in total. The Kier molecular flexibility index (Phi) is 4.60. The Morgan fingerprint density at radius 1 is 1.10 bits per heavy atom. The number of nitrogens with one attached hydrogen (secondary N) is 2. The number of aromatic amines is 1. The molecule has 150 valence electrons. The van der Waals surface area contributed by atoms with Crippen LogP contribution >= 0.6 is 0 Å². The second kappa shape index (κ2) is 6.98. The molecular weight excluding hydrogens is 385 g/mol. The van der Waals surface area contributed by atoms with E-state index >= 15 is 0 Å². The van der Waals surface area contributed by atoms with E-state index in [-0.39, 0.29) is 37.2 Å². The van der Waals surface area contributed by atoms with Gasteiger partial charge in [-0.2, -0.15) is 18.3 Å². The summed E-state index contributed by atoms with van der Waals surface area (Å²) in [5, 5.41) is 9.76. The first-order chi connectivity index (χ1) is 13.8. The van der Waals surface area contributed by atoms with Crippen molar-refractivity contribution in [2.45, 2.75) is 37.4 Å². The van der Waals surface area contributed by atoms with Gasteiger partial charge in [0.25, 0.3) is 5.91 Å². The van der Waals surface area contributed by atoms with Crippen LogP contribution in [0.4, 0.5) is 13.2 Å². The summed E-state index contributed by atoms with van der Waals surface area (Å²) >= 11 is 0. The van der Waals surface area contributed by atoms with Crippen LogP contribution in [-0.2, 0) is 17.6 Å². The summed E-state index contributed by atoms with van der Waals surface area (Å²) in [4.78, 5) is 28.5. The Morgan fingerprint density at radius 3 is 2.52 bits per heavy atom. The molecule has 2 heterocycles. The molecule has 4 rings (SSSR count). The van der Waals surface area contributed by atoms with Gasteiger partial charge in [0.1, 0.15) is 17.0 Å². The van der Waals surface area contributed by atoms with Crippen molar-refractivity contribution in [3.8, 4) is 0 Å². The minimum Gasteiger partial charge on any atom is -0.336 e. The molecule has 1 saturated carbocycles. The first-order valence-electron chi connectivity index (χ1n) is 9.04. The van der Waals surface area contributed by atoms with Crippen LogP contribution < -0.4 is 5.32 Å². The number of aromatic nitrogens is 3. The molecule has 0 unspecified atom stereocenters. The molecule has 0 spiro atoms. The molecule has 1 amide bonds. The number of benzene rings is 1. The summed E-state index contributed by atoms with van der Waals surface area (Å²) in [7, 11) is 0. The van der Waals surface area contributed by atoms with Gasteiger partial charge in [-0.05, 0) is 42.2 Å². The van der Waals surface area contributed by atoms with E-state index in [1.165, 1.54) is 12.3 Å². The summed E-state index contributed by atoms with van der Waals surface area (Å²) < 4.78 is 39.1. The number of Topliss-reactive ketones (excluding diaryl/α,β-unsaturated/α-hetero) is 1. The normalized spacial score (nSPS) is 15.3. The van der Waals surface area contributed by atoms with Crippen molar-refractivity contribution in [3.05, 3.63) is 59.5 Å². The summed E-state index contributed by atoms with van der Waals surface area (Å²) in [5.74, 6) is -0.978. The lowest BCUT2D eigenvalue weighted by Gasteiger charge is -2.20. The van der Waals surface area contributed by atoms with Crippen LogP contribution in [0.15, 0.2) is 42.7 Å². The van der Waals surface area contributed by atoms with Gasteiger partial charge in [-0.25, -0.2) is 0 Å². The summed E-state index contributed by atoms with van der Waals surface area (Å²) in [6.07, 6.45) is -1.52. The number of ketones is 1. The second-order valence-corrected chi connectivity index (χ2v) is 7.27. The fraction of sp³-hybridized carbons (Fsp3) is 0.300. The first-order valence-corrected chi connectivity index (χ1v) is 9.04. The number of H-pyrrole nitrogens is 1. The predicted octanol–water partition coefficient (Wildman–Crippen LogP) is 3.14. The molecule has 2 aromatic heterocycles. The minimum absolute atomic E-state index is 0.0498. The summed E-state index contributed by atoms with van der Waals surface area (Å²) in [5.41, 5.74) is -0.112. The maximum Gasteiger partial charge on any atom is 0.411 e. The predicted molar refractivity (Wildman–Crippen MR) is 98.2 cm³/mol. The zero-order chi connectivity index (χ0) is 20.6. The molecule has 0 atom stereocenters. The molecule has 29 heavy (non-hydrogen) atoms. The number of carbonyl (C=O) groups is 2. The Labute approximate surface area is 163 Å². The van der Waals surface area contributed by atoms with E-state index in [0.29, 0.717) is 5.56 Å². The SMILES string of the molecule is O=C(Cc1ccnc(C(=O)NC2(C(F)(F)F)CC2)c1)Cc1ccc2cn[nH]c2c1. The van der Waals surface area contributed by atoms with Gasteiger partial charge < -0.3 is 5.32 Å². The highest BCUT2D eigenvalue weighted by Gasteiger charge is 2.64. The molecule has 0 bridgehead atoms. The molecule has 2 N–H and O–H groups in total. The lowest BCUT2D eigenvalue weighted by Crippen LogP contribution is -2.48. The topological polar surface area (TPSA) is 87.7 Å². The monoisotopic (exact) mass is 402 g/mol. The number of fused-ring (bicyclic) bond motifs is 1. The van der Waals surface area contributed by atoms with Crippen LogP contribution in [0.2, 0.25) is 0 Å². The van der Waals surface area contributed by atoms with Gasteiger partial charge in [-0.3, -0.25) is 19.7 Å². The fourth-order valence-corrected chi connectivity index (χ4v) is 3.21. The van der Waals surface area contributed by atoms with Gasteiger partial charge in [-0.15, -0.1) is 0 Å². The molecule has 0 saturated heterocycles. The number of rotatable bonds is 6. The fourth-order valence-electron chi connectivity index (χ4n) is 3.21. The van der Waals surface area contributed by atoms with Crippen molar-refractivity contribution in [2.24, 2.45) is 0 Å². The molecule has 0 radical (unpaired) electrons. The lowest BCUT2D eigenvalue weighted by molar-refractivity contribution is -0.163. The number of hydrogen-bond acceptors (Lipinski definition) is 4. The molecular formula is C20H17F3N4O2. The van der Waals surface area contributed by atoms with Gasteiger partial charge in [0.2, 0.25) is 0 Å². The summed E-state index contributed by atoms with van der Waals surface area (Å²) in [6.45, 7) is 0. The standard InChI is InChI=1S/C20H17F3N4O2/c21-20(22,23)19(4-5-19)26-18(29)17-10-13(3-6-24-17)8-15(28)7-12-1-2-14-11-25-27-16(14)9-12/h1-3,6,9-11H,4-5,7-8H2,(H,25,27)(H,26,29). The maximum absolute atomic E-state index is 13.0. The van der Waals surface area contributed by atoms with Crippen LogP contribution in [0.3, 0.4) is 0 Å². The van der Waals surface area contributed by atoms with Crippen molar-refractivity contribution in [3.63, 3.8) is 0 Å². The van der Waals surface area contributed by atoms with Crippen LogP contribution in [0.5, 0.6) is 0 Å². The minimum atomic E-state index is -4.49. The molecule has 9 heteroatoms. The average Bonchev–Trinajstić information content (AvgIpc) is 3.31. The molecule has 1 aromatic carbocycles. The second-order valence-electron chi connectivity index (χ2n) is 7.27. The highest BCUT2D eigenvalue weighted by Crippen LogP contribution is 2.49. The maximum atomic E-state index is 13.0. The number of hydrogen-bond donors (Lipinski definition) is 2. The number of nitrogens with zero attached hydrogens (tertiary/aromatic N) is 2. The zero-order valence-corrected chi connectivity index (χ0v) is 15.2.